The quantitative estimate of drug-likeness (QED) is 0.750. The molecule has 20 heavy (non-hydrogen) atoms. The molecule has 0 aliphatic rings. The SMILES string of the molecule is Cc1cccc2c1ccn2CCNc1ccccc1F. The van der Waals surface area contributed by atoms with E-state index in [0.29, 0.717) is 12.2 Å². The lowest BCUT2D eigenvalue weighted by atomic mass is 10.1. The molecule has 0 atom stereocenters. The number of aromatic nitrogens is 1. The highest BCUT2D eigenvalue weighted by Gasteiger charge is 2.03. The van der Waals surface area contributed by atoms with Crippen LogP contribution in [0.2, 0.25) is 0 Å². The molecule has 0 amide bonds. The summed E-state index contributed by atoms with van der Waals surface area (Å²) in [6.45, 7) is 3.62. The molecule has 2 nitrogen and oxygen atoms in total. The van der Waals surface area contributed by atoms with Crippen molar-refractivity contribution in [1.29, 1.82) is 0 Å². The Labute approximate surface area is 117 Å². The minimum absolute atomic E-state index is 0.208. The monoisotopic (exact) mass is 268 g/mol. The van der Waals surface area contributed by atoms with Gasteiger partial charge in [0.25, 0.3) is 0 Å². The number of rotatable bonds is 4. The summed E-state index contributed by atoms with van der Waals surface area (Å²) in [6, 6.07) is 15.2. The average Bonchev–Trinajstić information content (AvgIpc) is 2.86. The summed E-state index contributed by atoms with van der Waals surface area (Å²) in [5.41, 5.74) is 3.06. The molecule has 0 fully saturated rings. The molecule has 0 saturated carbocycles. The summed E-state index contributed by atoms with van der Waals surface area (Å²) in [4.78, 5) is 0. The van der Waals surface area contributed by atoms with E-state index in [9.17, 15) is 4.39 Å². The molecule has 3 heteroatoms. The second-order valence-electron chi connectivity index (χ2n) is 4.92. The summed E-state index contributed by atoms with van der Waals surface area (Å²) in [7, 11) is 0. The van der Waals surface area contributed by atoms with Gasteiger partial charge in [-0.2, -0.15) is 0 Å². The van der Waals surface area contributed by atoms with Gasteiger partial charge in [0.05, 0.1) is 5.69 Å². The van der Waals surface area contributed by atoms with Gasteiger partial charge >= 0.3 is 0 Å². The van der Waals surface area contributed by atoms with Crippen LogP contribution in [-0.4, -0.2) is 11.1 Å². The van der Waals surface area contributed by atoms with Crippen molar-refractivity contribution in [2.24, 2.45) is 0 Å². The molecule has 0 unspecified atom stereocenters. The highest BCUT2D eigenvalue weighted by molar-refractivity contribution is 5.83. The molecule has 102 valence electrons. The van der Waals surface area contributed by atoms with Crippen LogP contribution in [0.4, 0.5) is 10.1 Å². The predicted octanol–water partition coefficient (Wildman–Crippen LogP) is 4.20. The number of nitrogens with zero attached hydrogens (tertiary/aromatic N) is 1. The Morgan fingerprint density at radius 3 is 2.75 bits per heavy atom. The summed E-state index contributed by atoms with van der Waals surface area (Å²) < 4.78 is 15.7. The van der Waals surface area contributed by atoms with Crippen LogP contribution >= 0.6 is 0 Å². The zero-order valence-electron chi connectivity index (χ0n) is 11.4. The predicted molar refractivity (Wildman–Crippen MR) is 81.6 cm³/mol. The Bertz CT molecular complexity index is 731. The molecule has 0 radical (unpaired) electrons. The number of anilines is 1. The van der Waals surface area contributed by atoms with E-state index in [4.69, 9.17) is 0 Å². The summed E-state index contributed by atoms with van der Waals surface area (Å²) in [6.07, 6.45) is 2.08. The number of halogens is 1. The van der Waals surface area contributed by atoms with Crippen molar-refractivity contribution in [2.75, 3.05) is 11.9 Å². The van der Waals surface area contributed by atoms with Crippen LogP contribution in [0.3, 0.4) is 0 Å². The molecular weight excluding hydrogens is 251 g/mol. The molecule has 3 aromatic rings. The van der Waals surface area contributed by atoms with Gasteiger partial charge in [0, 0.05) is 30.2 Å². The number of hydrogen-bond acceptors (Lipinski definition) is 1. The highest BCUT2D eigenvalue weighted by atomic mass is 19.1. The first kappa shape index (κ1) is 12.7. The molecule has 0 saturated heterocycles. The smallest absolute Gasteiger partial charge is 0.146 e. The van der Waals surface area contributed by atoms with E-state index in [1.165, 1.54) is 22.5 Å². The minimum atomic E-state index is -0.208. The number of fused-ring (bicyclic) bond motifs is 1. The van der Waals surface area contributed by atoms with E-state index in [1.807, 2.05) is 6.07 Å². The second kappa shape index (κ2) is 5.37. The zero-order chi connectivity index (χ0) is 13.9. The highest BCUT2D eigenvalue weighted by Crippen LogP contribution is 2.19. The molecule has 0 aliphatic heterocycles. The Kier molecular flexibility index (Phi) is 3.42. The fraction of sp³-hybridized carbons (Fsp3) is 0.176. The molecule has 2 aromatic carbocycles. The first-order valence-electron chi connectivity index (χ1n) is 6.78. The van der Waals surface area contributed by atoms with E-state index in [2.05, 4.69) is 47.3 Å². The Hall–Kier alpha value is -2.29. The van der Waals surface area contributed by atoms with Gasteiger partial charge in [-0.25, -0.2) is 4.39 Å². The van der Waals surface area contributed by atoms with Gasteiger partial charge in [-0.05, 0) is 36.8 Å². The maximum Gasteiger partial charge on any atom is 0.146 e. The largest absolute Gasteiger partial charge is 0.381 e. The van der Waals surface area contributed by atoms with Crippen molar-refractivity contribution in [1.82, 2.24) is 4.57 Å². The molecule has 1 heterocycles. The van der Waals surface area contributed by atoms with Crippen LogP contribution in [0, 0.1) is 12.7 Å². The minimum Gasteiger partial charge on any atom is -0.381 e. The zero-order valence-corrected chi connectivity index (χ0v) is 11.4. The van der Waals surface area contributed by atoms with Gasteiger partial charge in [-0.15, -0.1) is 0 Å². The maximum absolute atomic E-state index is 13.5. The van der Waals surface area contributed by atoms with Crippen LogP contribution in [0.1, 0.15) is 5.56 Å². The summed E-state index contributed by atoms with van der Waals surface area (Å²) in [5, 5.41) is 4.41. The normalized spacial score (nSPS) is 10.9. The number of benzene rings is 2. The number of para-hydroxylation sites is 1. The third-order valence-electron chi connectivity index (χ3n) is 3.57. The van der Waals surface area contributed by atoms with E-state index in [0.717, 1.165) is 6.54 Å². The molecule has 1 N–H and O–H groups in total. The number of hydrogen-bond donors (Lipinski definition) is 1. The fourth-order valence-electron chi connectivity index (χ4n) is 2.49. The van der Waals surface area contributed by atoms with Crippen LogP contribution < -0.4 is 5.32 Å². The first-order valence-corrected chi connectivity index (χ1v) is 6.78. The van der Waals surface area contributed by atoms with Crippen molar-refractivity contribution in [3.63, 3.8) is 0 Å². The third kappa shape index (κ3) is 2.39. The van der Waals surface area contributed by atoms with Crippen molar-refractivity contribution in [3.05, 3.63) is 66.1 Å². The maximum atomic E-state index is 13.5. The Balaban J connectivity index is 1.72. The van der Waals surface area contributed by atoms with Crippen LogP contribution in [-0.2, 0) is 6.54 Å². The lowest BCUT2D eigenvalue weighted by Gasteiger charge is -2.09. The van der Waals surface area contributed by atoms with Crippen molar-refractivity contribution < 1.29 is 4.39 Å². The van der Waals surface area contributed by atoms with Gasteiger partial charge in [0.1, 0.15) is 5.82 Å². The van der Waals surface area contributed by atoms with Gasteiger partial charge in [0.2, 0.25) is 0 Å². The van der Waals surface area contributed by atoms with Gasteiger partial charge in [-0.3, -0.25) is 0 Å². The molecule has 1 aromatic heterocycles. The van der Waals surface area contributed by atoms with Gasteiger partial charge in [-0.1, -0.05) is 24.3 Å². The van der Waals surface area contributed by atoms with E-state index < -0.39 is 0 Å². The summed E-state index contributed by atoms with van der Waals surface area (Å²) >= 11 is 0. The van der Waals surface area contributed by atoms with Crippen molar-refractivity contribution in [2.45, 2.75) is 13.5 Å². The summed E-state index contributed by atoms with van der Waals surface area (Å²) in [5.74, 6) is -0.208. The average molecular weight is 268 g/mol. The lowest BCUT2D eigenvalue weighted by molar-refractivity contribution is 0.628. The lowest BCUT2D eigenvalue weighted by Crippen LogP contribution is -2.10. The third-order valence-corrected chi connectivity index (χ3v) is 3.57. The second-order valence-corrected chi connectivity index (χ2v) is 4.92. The van der Waals surface area contributed by atoms with Gasteiger partial charge < -0.3 is 9.88 Å². The molecule has 0 bridgehead atoms. The van der Waals surface area contributed by atoms with E-state index >= 15 is 0 Å². The fourth-order valence-corrected chi connectivity index (χ4v) is 2.49. The Morgan fingerprint density at radius 1 is 1.05 bits per heavy atom. The van der Waals surface area contributed by atoms with Crippen molar-refractivity contribution in [3.8, 4) is 0 Å². The van der Waals surface area contributed by atoms with Crippen LogP contribution in [0.15, 0.2) is 54.7 Å². The van der Waals surface area contributed by atoms with E-state index in [-0.39, 0.29) is 5.82 Å². The van der Waals surface area contributed by atoms with Crippen LogP contribution in [0.5, 0.6) is 0 Å². The number of aryl methyl sites for hydroxylation is 1. The van der Waals surface area contributed by atoms with Crippen molar-refractivity contribution >= 4 is 16.6 Å². The molecule has 0 aliphatic carbocycles. The molecule has 0 spiro atoms. The Morgan fingerprint density at radius 2 is 1.90 bits per heavy atom. The van der Waals surface area contributed by atoms with E-state index in [1.54, 1.807) is 12.1 Å². The number of nitrogens with one attached hydrogen (secondary N) is 1. The topological polar surface area (TPSA) is 17.0 Å². The molecule has 3 rings (SSSR count). The van der Waals surface area contributed by atoms with Crippen LogP contribution in [0.25, 0.3) is 10.9 Å². The first-order chi connectivity index (χ1) is 9.75. The molecular formula is C17H17FN2. The standard InChI is InChI=1S/C17H17FN2/c1-13-5-4-8-17-14(13)9-11-20(17)12-10-19-16-7-3-2-6-15(16)18/h2-9,11,19H,10,12H2,1H3. The van der Waals surface area contributed by atoms with Gasteiger partial charge in [0.15, 0.2) is 0 Å².